The zero-order valence-corrected chi connectivity index (χ0v) is 20.8. The number of ether oxygens (including phenoxy) is 1. The molecule has 0 saturated carbocycles. The number of halogens is 2. The maximum atomic E-state index is 14.2. The largest absolute Gasteiger partial charge is 0.507 e. The molecule has 1 N–H and O–H groups in total. The predicted octanol–water partition coefficient (Wildman–Crippen LogP) is 6.78. The average Bonchev–Trinajstić information content (AvgIpc) is 3.18. The summed E-state index contributed by atoms with van der Waals surface area (Å²) >= 11 is 0. The van der Waals surface area contributed by atoms with Crippen LogP contribution in [0.4, 0.5) is 14.5 Å². The minimum absolute atomic E-state index is 0.000387. The molecular weight excluding hydrogens is 488 g/mol. The van der Waals surface area contributed by atoms with Crippen LogP contribution in [0.5, 0.6) is 5.75 Å². The van der Waals surface area contributed by atoms with Gasteiger partial charge in [0.15, 0.2) is 11.6 Å². The summed E-state index contributed by atoms with van der Waals surface area (Å²) in [6.45, 7) is 4.57. The van der Waals surface area contributed by atoms with Gasteiger partial charge in [-0.3, -0.25) is 14.5 Å². The number of hydrogen-bond donors (Lipinski definition) is 1. The number of ketones is 1. The van der Waals surface area contributed by atoms with Crippen LogP contribution in [0.15, 0.2) is 90.5 Å². The van der Waals surface area contributed by atoms with Crippen molar-refractivity contribution in [3.05, 3.63) is 113 Å². The number of fused-ring (bicyclic) bond motifs is 1. The molecule has 192 valence electrons. The van der Waals surface area contributed by atoms with Crippen molar-refractivity contribution in [2.45, 2.75) is 19.9 Å². The normalized spacial score (nSPS) is 17.0. The lowest BCUT2D eigenvalue weighted by Gasteiger charge is -2.26. The number of benzene rings is 4. The third-order valence-corrected chi connectivity index (χ3v) is 6.45. The molecule has 5 nitrogen and oxygen atoms in total. The first-order valence-corrected chi connectivity index (χ1v) is 12.2. The maximum absolute atomic E-state index is 14.2. The Balaban J connectivity index is 1.69. The van der Waals surface area contributed by atoms with E-state index in [2.05, 4.69) is 0 Å². The van der Waals surface area contributed by atoms with Crippen molar-refractivity contribution in [1.29, 1.82) is 0 Å². The summed E-state index contributed by atoms with van der Waals surface area (Å²) in [5.74, 6) is -3.55. The van der Waals surface area contributed by atoms with Crippen LogP contribution < -0.4 is 9.64 Å². The van der Waals surface area contributed by atoms with Crippen molar-refractivity contribution in [3.63, 3.8) is 0 Å². The molecule has 7 heteroatoms. The minimum atomic E-state index is -1.15. The molecule has 0 aromatic heterocycles. The number of carbonyl (C=O) groups is 2. The molecule has 5 rings (SSSR count). The van der Waals surface area contributed by atoms with E-state index in [0.29, 0.717) is 29.4 Å². The minimum Gasteiger partial charge on any atom is -0.507 e. The molecule has 1 unspecified atom stereocenters. The summed E-state index contributed by atoms with van der Waals surface area (Å²) in [7, 11) is 0. The summed E-state index contributed by atoms with van der Waals surface area (Å²) < 4.78 is 33.7. The number of nitrogens with zero attached hydrogens (tertiary/aromatic N) is 1. The third-order valence-electron chi connectivity index (χ3n) is 6.45. The van der Waals surface area contributed by atoms with Gasteiger partial charge in [0.25, 0.3) is 11.7 Å². The number of aliphatic hydroxyl groups is 1. The van der Waals surface area contributed by atoms with E-state index in [-0.39, 0.29) is 17.0 Å². The summed E-state index contributed by atoms with van der Waals surface area (Å²) in [5.41, 5.74) is 0.730. The number of anilines is 1. The predicted molar refractivity (Wildman–Crippen MR) is 142 cm³/mol. The second-order valence-electron chi connectivity index (χ2n) is 9.57. The van der Waals surface area contributed by atoms with Crippen LogP contribution in [-0.2, 0) is 9.59 Å². The van der Waals surface area contributed by atoms with Gasteiger partial charge in [-0.25, -0.2) is 8.78 Å². The van der Waals surface area contributed by atoms with E-state index in [0.717, 1.165) is 27.8 Å². The van der Waals surface area contributed by atoms with Crippen molar-refractivity contribution < 1.29 is 28.2 Å². The lowest BCUT2D eigenvalue weighted by atomic mass is 9.91. The molecule has 4 aromatic rings. The second kappa shape index (κ2) is 10.1. The van der Waals surface area contributed by atoms with Gasteiger partial charge in [-0.05, 0) is 58.7 Å². The fraction of sp³-hybridized carbons (Fsp3) is 0.161. The van der Waals surface area contributed by atoms with Gasteiger partial charge in [0.1, 0.15) is 11.5 Å². The number of rotatable bonds is 6. The van der Waals surface area contributed by atoms with Gasteiger partial charge in [0.2, 0.25) is 0 Å². The first-order chi connectivity index (χ1) is 18.3. The molecule has 1 amide bonds. The highest BCUT2D eigenvalue weighted by Gasteiger charge is 2.47. The molecule has 0 spiro atoms. The van der Waals surface area contributed by atoms with E-state index in [1.807, 2.05) is 44.2 Å². The van der Waals surface area contributed by atoms with Gasteiger partial charge in [-0.15, -0.1) is 0 Å². The number of aliphatic hydroxyl groups excluding tert-OH is 1. The highest BCUT2D eigenvalue weighted by atomic mass is 19.2. The van der Waals surface area contributed by atoms with Crippen molar-refractivity contribution in [2.24, 2.45) is 5.92 Å². The van der Waals surface area contributed by atoms with Crippen LogP contribution in [0.2, 0.25) is 0 Å². The number of amides is 1. The van der Waals surface area contributed by atoms with Gasteiger partial charge in [-0.2, -0.15) is 0 Å². The van der Waals surface area contributed by atoms with Gasteiger partial charge in [-0.1, -0.05) is 56.3 Å². The molecule has 4 aromatic carbocycles. The maximum Gasteiger partial charge on any atom is 0.300 e. The van der Waals surface area contributed by atoms with E-state index >= 15 is 0 Å². The Hall–Kier alpha value is -4.52. The molecule has 1 atom stereocenters. The lowest BCUT2D eigenvalue weighted by molar-refractivity contribution is -0.132. The van der Waals surface area contributed by atoms with Crippen LogP contribution >= 0.6 is 0 Å². The smallest absolute Gasteiger partial charge is 0.300 e. The molecule has 0 aliphatic carbocycles. The lowest BCUT2D eigenvalue weighted by Crippen LogP contribution is -2.29. The zero-order valence-electron chi connectivity index (χ0n) is 20.8. The molecule has 0 radical (unpaired) electrons. The Morgan fingerprint density at radius 1 is 0.921 bits per heavy atom. The summed E-state index contributed by atoms with van der Waals surface area (Å²) in [4.78, 5) is 27.9. The number of carbonyl (C=O) groups excluding carboxylic acids is 2. The van der Waals surface area contributed by atoms with E-state index in [1.54, 1.807) is 36.4 Å². The van der Waals surface area contributed by atoms with E-state index < -0.39 is 29.4 Å². The first kappa shape index (κ1) is 25.1. The highest BCUT2D eigenvalue weighted by Crippen LogP contribution is 2.44. The Kier molecular flexibility index (Phi) is 6.68. The first-order valence-electron chi connectivity index (χ1n) is 12.2. The van der Waals surface area contributed by atoms with Crippen LogP contribution in [0.25, 0.3) is 16.5 Å². The third kappa shape index (κ3) is 4.52. The van der Waals surface area contributed by atoms with Crippen molar-refractivity contribution in [3.8, 4) is 5.75 Å². The van der Waals surface area contributed by atoms with Crippen molar-refractivity contribution >= 4 is 33.9 Å². The van der Waals surface area contributed by atoms with Gasteiger partial charge >= 0.3 is 0 Å². The van der Waals surface area contributed by atoms with E-state index in [1.165, 1.54) is 6.07 Å². The highest BCUT2D eigenvalue weighted by molar-refractivity contribution is 6.51. The Bertz CT molecular complexity index is 1570. The standard InChI is InChI=1S/C31H25F2NO4/c1-18(2)17-38-22-13-10-20(11-14-22)29(35)27-28(24-9-5-7-19-6-3-4-8-23(19)24)34(31(37)30(27)36)21-12-15-25(32)26(33)16-21/h3-16,18,28,35H,17H2,1-2H3/b29-27-. The van der Waals surface area contributed by atoms with Gasteiger partial charge < -0.3 is 9.84 Å². The van der Waals surface area contributed by atoms with Crippen LogP contribution in [0, 0.1) is 17.6 Å². The van der Waals surface area contributed by atoms with Crippen LogP contribution in [-0.4, -0.2) is 23.4 Å². The quantitative estimate of drug-likeness (QED) is 0.175. The summed E-state index contributed by atoms with van der Waals surface area (Å²) in [6.07, 6.45) is 0. The van der Waals surface area contributed by atoms with Crippen molar-refractivity contribution in [2.75, 3.05) is 11.5 Å². The molecule has 38 heavy (non-hydrogen) atoms. The molecule has 1 aliphatic rings. The zero-order chi connectivity index (χ0) is 27.0. The Labute approximate surface area is 218 Å². The fourth-order valence-electron chi connectivity index (χ4n) is 4.64. The Morgan fingerprint density at radius 3 is 2.34 bits per heavy atom. The van der Waals surface area contributed by atoms with Gasteiger partial charge in [0.05, 0.1) is 18.2 Å². The Morgan fingerprint density at radius 2 is 1.63 bits per heavy atom. The van der Waals surface area contributed by atoms with Crippen molar-refractivity contribution in [1.82, 2.24) is 0 Å². The van der Waals surface area contributed by atoms with E-state index in [9.17, 15) is 23.5 Å². The topological polar surface area (TPSA) is 66.8 Å². The molecule has 0 bridgehead atoms. The summed E-state index contributed by atoms with van der Waals surface area (Å²) in [5, 5.41) is 13.0. The molecule has 1 aliphatic heterocycles. The van der Waals surface area contributed by atoms with E-state index in [4.69, 9.17) is 4.74 Å². The van der Waals surface area contributed by atoms with Gasteiger partial charge in [0, 0.05) is 17.3 Å². The van der Waals surface area contributed by atoms with Crippen LogP contribution in [0.3, 0.4) is 0 Å². The molecule has 1 heterocycles. The average molecular weight is 514 g/mol. The molecule has 1 saturated heterocycles. The summed E-state index contributed by atoms with van der Waals surface area (Å²) in [6, 6.07) is 21.3. The monoisotopic (exact) mass is 513 g/mol. The fourth-order valence-corrected chi connectivity index (χ4v) is 4.64. The number of hydrogen-bond acceptors (Lipinski definition) is 4. The second-order valence-corrected chi connectivity index (χ2v) is 9.57. The SMILES string of the molecule is CC(C)COc1ccc(/C(O)=C2/C(=O)C(=O)N(c3ccc(F)c(F)c3)C2c2cccc3ccccc23)cc1. The number of Topliss-reactive ketones (excluding diaryl/α,β-unsaturated/α-hetero) is 1. The molecular formula is C31H25F2NO4. The molecule has 1 fully saturated rings. The van der Waals surface area contributed by atoms with Crippen LogP contribution in [0.1, 0.15) is 31.0 Å².